The number of aromatic amines is 1. The van der Waals surface area contributed by atoms with Crippen LogP contribution in [0.5, 0.6) is 0 Å². The van der Waals surface area contributed by atoms with Gasteiger partial charge in [-0.25, -0.2) is 4.98 Å². The first-order valence-electron chi connectivity index (χ1n) is 7.38. The second-order valence-electron chi connectivity index (χ2n) is 5.79. The van der Waals surface area contributed by atoms with Crippen molar-refractivity contribution >= 4 is 17.2 Å². The van der Waals surface area contributed by atoms with Crippen LogP contribution in [0.3, 0.4) is 0 Å². The zero-order chi connectivity index (χ0) is 14.8. The first kappa shape index (κ1) is 14.3. The van der Waals surface area contributed by atoms with Gasteiger partial charge in [0.2, 0.25) is 5.91 Å². The molecule has 5 nitrogen and oxygen atoms in total. The molecule has 2 aromatic heterocycles. The third-order valence-corrected chi connectivity index (χ3v) is 4.59. The lowest BCUT2D eigenvalue weighted by Crippen LogP contribution is -2.32. The predicted molar refractivity (Wildman–Crippen MR) is 82.2 cm³/mol. The van der Waals surface area contributed by atoms with Crippen LogP contribution in [-0.2, 0) is 11.2 Å². The molecule has 0 aromatic carbocycles. The number of aromatic nitrogens is 3. The minimum Gasteiger partial charge on any atom is -0.332 e. The van der Waals surface area contributed by atoms with Crippen molar-refractivity contribution in [2.45, 2.75) is 45.1 Å². The molecule has 6 heteroatoms. The summed E-state index contributed by atoms with van der Waals surface area (Å²) in [4.78, 5) is 19.0. The third-order valence-electron chi connectivity index (χ3n) is 3.86. The maximum atomic E-state index is 12.5. The molecule has 0 unspecified atom stereocenters. The molecule has 0 bridgehead atoms. The molecule has 1 atom stereocenters. The summed E-state index contributed by atoms with van der Waals surface area (Å²) >= 11 is 1.63. The molecule has 0 radical (unpaired) electrons. The van der Waals surface area contributed by atoms with E-state index in [0.717, 1.165) is 36.6 Å². The van der Waals surface area contributed by atoms with E-state index < -0.39 is 0 Å². The van der Waals surface area contributed by atoms with Gasteiger partial charge in [-0.3, -0.25) is 9.89 Å². The fourth-order valence-corrected chi connectivity index (χ4v) is 3.38. The molecule has 3 rings (SSSR count). The topological polar surface area (TPSA) is 61.9 Å². The molecule has 1 N–H and O–H groups in total. The number of likely N-dealkylation sites (tertiary alicyclic amines) is 1. The van der Waals surface area contributed by atoms with E-state index in [1.807, 2.05) is 21.7 Å². The van der Waals surface area contributed by atoms with Crippen LogP contribution in [0.15, 0.2) is 16.8 Å². The molecular formula is C15H20N4OS. The summed E-state index contributed by atoms with van der Waals surface area (Å²) in [6, 6.07) is 2.06. The van der Waals surface area contributed by atoms with E-state index in [2.05, 4.69) is 29.0 Å². The number of H-pyrrole nitrogens is 1. The Kier molecular flexibility index (Phi) is 4.05. The Morgan fingerprint density at radius 1 is 1.57 bits per heavy atom. The summed E-state index contributed by atoms with van der Waals surface area (Å²) in [5, 5.41) is 11.3. The van der Waals surface area contributed by atoms with Crippen molar-refractivity contribution in [2.24, 2.45) is 0 Å². The fourth-order valence-electron chi connectivity index (χ4n) is 2.71. The van der Waals surface area contributed by atoms with Gasteiger partial charge in [0.1, 0.15) is 5.82 Å². The van der Waals surface area contributed by atoms with E-state index in [1.165, 1.54) is 0 Å². The summed E-state index contributed by atoms with van der Waals surface area (Å²) in [6.07, 6.45) is 2.46. The van der Waals surface area contributed by atoms with E-state index in [4.69, 9.17) is 0 Å². The van der Waals surface area contributed by atoms with Gasteiger partial charge in [0.05, 0.1) is 12.5 Å². The third kappa shape index (κ3) is 3.00. The predicted octanol–water partition coefficient (Wildman–Crippen LogP) is 2.90. The normalized spacial score (nSPS) is 18.6. The molecule has 1 fully saturated rings. The highest BCUT2D eigenvalue weighted by atomic mass is 32.1. The van der Waals surface area contributed by atoms with Crippen molar-refractivity contribution in [1.29, 1.82) is 0 Å². The van der Waals surface area contributed by atoms with Crippen LogP contribution < -0.4 is 0 Å². The summed E-state index contributed by atoms with van der Waals surface area (Å²) in [5.74, 6) is 2.13. The molecule has 1 aliphatic heterocycles. The lowest BCUT2D eigenvalue weighted by atomic mass is 10.1. The van der Waals surface area contributed by atoms with Crippen molar-refractivity contribution in [3.63, 3.8) is 0 Å². The number of nitrogens with one attached hydrogen (secondary N) is 1. The van der Waals surface area contributed by atoms with Crippen LogP contribution in [0.4, 0.5) is 0 Å². The van der Waals surface area contributed by atoms with E-state index in [-0.39, 0.29) is 11.9 Å². The average molecular weight is 304 g/mol. The summed E-state index contributed by atoms with van der Waals surface area (Å²) in [6.45, 7) is 4.95. The van der Waals surface area contributed by atoms with E-state index in [9.17, 15) is 4.79 Å². The summed E-state index contributed by atoms with van der Waals surface area (Å²) < 4.78 is 0. The largest absolute Gasteiger partial charge is 0.332 e. The molecule has 0 saturated carbocycles. The van der Waals surface area contributed by atoms with Gasteiger partial charge in [0.25, 0.3) is 0 Å². The molecule has 112 valence electrons. The number of carbonyl (C=O) groups excluding carboxylic acids is 1. The van der Waals surface area contributed by atoms with Gasteiger partial charge in [-0.15, -0.1) is 0 Å². The lowest BCUT2D eigenvalue weighted by Gasteiger charge is -2.22. The molecule has 3 heterocycles. The number of rotatable bonds is 4. The molecule has 0 aliphatic carbocycles. The Hall–Kier alpha value is -1.69. The molecule has 1 saturated heterocycles. The highest BCUT2D eigenvalue weighted by molar-refractivity contribution is 7.07. The van der Waals surface area contributed by atoms with Gasteiger partial charge in [-0.1, -0.05) is 13.8 Å². The molecule has 2 aromatic rings. The second-order valence-corrected chi connectivity index (χ2v) is 6.57. The van der Waals surface area contributed by atoms with E-state index in [0.29, 0.717) is 12.3 Å². The van der Waals surface area contributed by atoms with Gasteiger partial charge in [-0.2, -0.15) is 16.4 Å². The molecule has 1 amide bonds. The molecule has 1 aliphatic rings. The highest BCUT2D eigenvalue weighted by Gasteiger charge is 2.32. The SMILES string of the molecule is CC(C)c1n[nH]c([C@@H]2CCCN2C(=O)Cc2ccsc2)n1. The van der Waals surface area contributed by atoms with Gasteiger partial charge in [0.15, 0.2) is 5.82 Å². The number of amides is 1. The van der Waals surface area contributed by atoms with Crippen molar-refractivity contribution in [3.8, 4) is 0 Å². The van der Waals surface area contributed by atoms with Crippen LogP contribution in [0.25, 0.3) is 0 Å². The highest BCUT2D eigenvalue weighted by Crippen LogP contribution is 2.31. The van der Waals surface area contributed by atoms with Crippen molar-refractivity contribution in [3.05, 3.63) is 34.0 Å². The minimum atomic E-state index is 0.0520. The van der Waals surface area contributed by atoms with Crippen molar-refractivity contribution in [2.75, 3.05) is 6.54 Å². The Morgan fingerprint density at radius 3 is 3.10 bits per heavy atom. The van der Waals surface area contributed by atoms with Crippen LogP contribution in [-0.4, -0.2) is 32.5 Å². The Labute approximate surface area is 128 Å². The summed E-state index contributed by atoms with van der Waals surface area (Å²) in [7, 11) is 0. The molecule has 21 heavy (non-hydrogen) atoms. The van der Waals surface area contributed by atoms with Gasteiger partial charge in [-0.05, 0) is 35.2 Å². The molecule has 0 spiro atoms. The monoisotopic (exact) mass is 304 g/mol. The van der Waals surface area contributed by atoms with Crippen molar-refractivity contribution in [1.82, 2.24) is 20.1 Å². The lowest BCUT2D eigenvalue weighted by molar-refractivity contribution is -0.131. The maximum absolute atomic E-state index is 12.5. The van der Waals surface area contributed by atoms with Crippen molar-refractivity contribution < 1.29 is 4.79 Å². The number of thiophene rings is 1. The Morgan fingerprint density at radius 2 is 2.43 bits per heavy atom. The number of hydrogen-bond donors (Lipinski definition) is 1. The smallest absolute Gasteiger partial charge is 0.227 e. The zero-order valence-corrected chi connectivity index (χ0v) is 13.2. The zero-order valence-electron chi connectivity index (χ0n) is 12.4. The Balaban J connectivity index is 1.73. The average Bonchev–Trinajstić information content (AvgIpc) is 3.19. The first-order valence-corrected chi connectivity index (χ1v) is 8.32. The summed E-state index contributed by atoms with van der Waals surface area (Å²) in [5.41, 5.74) is 1.09. The second kappa shape index (κ2) is 5.97. The number of nitrogens with zero attached hydrogens (tertiary/aromatic N) is 3. The number of hydrogen-bond acceptors (Lipinski definition) is 4. The van der Waals surface area contributed by atoms with Crippen LogP contribution in [0.1, 0.15) is 55.9 Å². The number of carbonyl (C=O) groups is 1. The van der Waals surface area contributed by atoms with Crippen LogP contribution in [0, 0.1) is 0 Å². The van der Waals surface area contributed by atoms with Gasteiger partial charge >= 0.3 is 0 Å². The molecular weight excluding hydrogens is 284 g/mol. The maximum Gasteiger partial charge on any atom is 0.227 e. The fraction of sp³-hybridized carbons (Fsp3) is 0.533. The van der Waals surface area contributed by atoms with E-state index >= 15 is 0 Å². The standard InChI is InChI=1S/C15H20N4OS/c1-10(2)14-16-15(18-17-14)12-4-3-6-19(12)13(20)8-11-5-7-21-9-11/h5,7,9-10,12H,3-4,6,8H2,1-2H3,(H,16,17,18)/t12-/m0/s1. The van der Waals surface area contributed by atoms with Gasteiger partial charge < -0.3 is 4.90 Å². The van der Waals surface area contributed by atoms with E-state index in [1.54, 1.807) is 11.3 Å². The minimum absolute atomic E-state index is 0.0520. The van der Waals surface area contributed by atoms with Crippen LogP contribution in [0.2, 0.25) is 0 Å². The van der Waals surface area contributed by atoms with Gasteiger partial charge in [0, 0.05) is 12.5 Å². The first-order chi connectivity index (χ1) is 10.1. The van der Waals surface area contributed by atoms with Crippen LogP contribution >= 0.6 is 11.3 Å². The quantitative estimate of drug-likeness (QED) is 0.944. The Bertz CT molecular complexity index is 605.